The minimum Gasteiger partial charge on any atom is -0.493 e. The van der Waals surface area contributed by atoms with Crippen molar-refractivity contribution in [3.05, 3.63) is 29.8 Å². The topological polar surface area (TPSA) is 32.8 Å². The van der Waals surface area contributed by atoms with Crippen molar-refractivity contribution in [1.29, 1.82) is 0 Å². The van der Waals surface area contributed by atoms with Gasteiger partial charge in [-0.05, 0) is 70.7 Å². The lowest BCUT2D eigenvalue weighted by molar-refractivity contribution is 0.0722. The number of hydrogen-bond donors (Lipinski definition) is 0. The van der Waals surface area contributed by atoms with Gasteiger partial charge < -0.3 is 14.5 Å². The number of benzene rings is 1. The van der Waals surface area contributed by atoms with Gasteiger partial charge in [-0.2, -0.15) is 0 Å². The lowest BCUT2D eigenvalue weighted by atomic mass is 10.0. The van der Waals surface area contributed by atoms with Gasteiger partial charge in [-0.1, -0.05) is 12.1 Å². The molecule has 1 amide bonds. The van der Waals surface area contributed by atoms with Gasteiger partial charge in [0.1, 0.15) is 5.75 Å². The van der Waals surface area contributed by atoms with Crippen molar-refractivity contribution in [3.63, 3.8) is 0 Å². The van der Waals surface area contributed by atoms with Crippen LogP contribution < -0.4 is 4.74 Å². The van der Waals surface area contributed by atoms with E-state index in [-0.39, 0.29) is 5.91 Å². The third-order valence-corrected chi connectivity index (χ3v) is 5.98. The molecule has 2 aliphatic carbocycles. The molecule has 132 valence electrons. The van der Waals surface area contributed by atoms with Gasteiger partial charge in [-0.3, -0.25) is 4.79 Å². The third kappa shape index (κ3) is 3.30. The number of rotatable bonds is 5. The molecular formula is C20H30N2O2. The van der Waals surface area contributed by atoms with Gasteiger partial charge >= 0.3 is 0 Å². The normalized spacial score (nSPS) is 28.9. The molecule has 2 unspecified atom stereocenters. The Morgan fingerprint density at radius 1 is 1.04 bits per heavy atom. The van der Waals surface area contributed by atoms with E-state index in [1.807, 2.05) is 43.1 Å². The maximum absolute atomic E-state index is 13.0. The average Bonchev–Trinajstić information content (AvgIpc) is 3.13. The number of carbonyl (C=O) groups is 1. The molecule has 0 spiro atoms. The van der Waals surface area contributed by atoms with E-state index in [0.717, 1.165) is 30.7 Å². The zero-order valence-electron chi connectivity index (χ0n) is 15.4. The molecule has 0 N–H and O–H groups in total. The van der Waals surface area contributed by atoms with Crippen LogP contribution in [0.25, 0.3) is 0 Å². The summed E-state index contributed by atoms with van der Waals surface area (Å²) in [7, 11) is 6.33. The smallest absolute Gasteiger partial charge is 0.257 e. The minimum absolute atomic E-state index is 0.0909. The quantitative estimate of drug-likeness (QED) is 0.830. The largest absolute Gasteiger partial charge is 0.493 e. The summed E-state index contributed by atoms with van der Waals surface area (Å²) in [6.45, 7) is 2.53. The Kier molecular flexibility index (Phi) is 5.14. The molecule has 2 fully saturated rings. The van der Waals surface area contributed by atoms with Crippen LogP contribution in [0.1, 0.15) is 43.0 Å². The van der Waals surface area contributed by atoms with Gasteiger partial charge in [0, 0.05) is 19.1 Å². The predicted molar refractivity (Wildman–Crippen MR) is 96.4 cm³/mol. The molecule has 24 heavy (non-hydrogen) atoms. The number of fused-ring (bicyclic) bond motifs is 1. The molecule has 0 bridgehead atoms. The van der Waals surface area contributed by atoms with Gasteiger partial charge in [0.2, 0.25) is 0 Å². The fourth-order valence-corrected chi connectivity index (χ4v) is 4.57. The molecule has 4 nitrogen and oxygen atoms in total. The lowest BCUT2D eigenvalue weighted by Gasteiger charge is -2.27. The van der Waals surface area contributed by atoms with E-state index in [4.69, 9.17) is 4.74 Å². The van der Waals surface area contributed by atoms with Crippen LogP contribution in [0.3, 0.4) is 0 Å². The SMILES string of the molecule is CCOc1ccccc1C(=O)N(C)C1C[C@H]2CC(N(C)C)C[C@H]2C1. The number of hydrogen-bond acceptors (Lipinski definition) is 3. The maximum Gasteiger partial charge on any atom is 0.257 e. The Morgan fingerprint density at radius 2 is 1.62 bits per heavy atom. The summed E-state index contributed by atoms with van der Waals surface area (Å²) in [6, 6.07) is 8.68. The lowest BCUT2D eigenvalue weighted by Crippen LogP contribution is -2.36. The highest BCUT2D eigenvalue weighted by Crippen LogP contribution is 2.46. The molecule has 2 saturated carbocycles. The van der Waals surface area contributed by atoms with Crippen LogP contribution in [0.2, 0.25) is 0 Å². The second-order valence-corrected chi connectivity index (χ2v) is 7.58. The zero-order chi connectivity index (χ0) is 17.3. The Bertz CT molecular complexity index is 573. The second-order valence-electron chi connectivity index (χ2n) is 7.58. The first-order chi connectivity index (χ1) is 11.5. The Balaban J connectivity index is 1.66. The molecule has 0 radical (unpaired) electrons. The summed E-state index contributed by atoms with van der Waals surface area (Å²) in [6.07, 6.45) is 4.86. The van der Waals surface area contributed by atoms with Gasteiger partial charge in [0.25, 0.3) is 5.91 Å². The van der Waals surface area contributed by atoms with Crippen LogP contribution in [0.4, 0.5) is 0 Å². The van der Waals surface area contributed by atoms with Crippen molar-refractivity contribution in [2.45, 2.75) is 44.7 Å². The summed E-state index contributed by atoms with van der Waals surface area (Å²) < 4.78 is 5.63. The monoisotopic (exact) mass is 330 g/mol. The highest BCUT2D eigenvalue weighted by molar-refractivity contribution is 5.97. The van der Waals surface area contributed by atoms with E-state index in [2.05, 4.69) is 19.0 Å². The molecule has 0 aliphatic heterocycles. The highest BCUT2D eigenvalue weighted by Gasteiger charge is 2.44. The van der Waals surface area contributed by atoms with Crippen LogP contribution in [-0.2, 0) is 0 Å². The van der Waals surface area contributed by atoms with E-state index in [1.54, 1.807) is 0 Å². The fraction of sp³-hybridized carbons (Fsp3) is 0.650. The van der Waals surface area contributed by atoms with E-state index in [0.29, 0.717) is 24.0 Å². The van der Waals surface area contributed by atoms with Crippen molar-refractivity contribution in [2.24, 2.45) is 11.8 Å². The van der Waals surface area contributed by atoms with Crippen LogP contribution in [0, 0.1) is 11.8 Å². The molecule has 4 heteroatoms. The van der Waals surface area contributed by atoms with Crippen LogP contribution in [-0.4, -0.2) is 55.5 Å². The van der Waals surface area contributed by atoms with Crippen molar-refractivity contribution in [1.82, 2.24) is 9.80 Å². The number of nitrogens with zero attached hydrogens (tertiary/aromatic N) is 2. The first-order valence-electron chi connectivity index (χ1n) is 9.16. The summed E-state index contributed by atoms with van der Waals surface area (Å²) in [5.41, 5.74) is 0.685. The molecule has 1 aromatic carbocycles. The van der Waals surface area contributed by atoms with Gasteiger partial charge in [-0.25, -0.2) is 0 Å². The molecule has 0 saturated heterocycles. The van der Waals surface area contributed by atoms with E-state index < -0.39 is 0 Å². The van der Waals surface area contributed by atoms with Crippen LogP contribution in [0.15, 0.2) is 24.3 Å². The molecule has 4 atom stereocenters. The summed E-state index contributed by atoms with van der Waals surface area (Å²) in [5, 5.41) is 0. The summed E-state index contributed by atoms with van der Waals surface area (Å²) >= 11 is 0. The number of amides is 1. The van der Waals surface area contributed by atoms with Crippen molar-refractivity contribution < 1.29 is 9.53 Å². The Hall–Kier alpha value is -1.55. The van der Waals surface area contributed by atoms with E-state index in [9.17, 15) is 4.79 Å². The molecular weight excluding hydrogens is 300 g/mol. The standard InChI is InChI=1S/C20H30N2O2/c1-5-24-19-9-7-6-8-18(19)20(23)22(4)17-12-14-10-16(21(2)3)11-15(14)13-17/h6-9,14-17H,5,10-13H2,1-4H3/t14-,15+,16?,17?. The van der Waals surface area contributed by atoms with Crippen molar-refractivity contribution in [2.75, 3.05) is 27.7 Å². The van der Waals surface area contributed by atoms with Crippen LogP contribution >= 0.6 is 0 Å². The molecule has 0 heterocycles. The fourth-order valence-electron chi connectivity index (χ4n) is 4.57. The molecule has 3 rings (SSSR count). The van der Waals surface area contributed by atoms with E-state index in [1.165, 1.54) is 12.8 Å². The van der Waals surface area contributed by atoms with Crippen molar-refractivity contribution >= 4 is 5.91 Å². The second kappa shape index (κ2) is 7.14. The zero-order valence-corrected chi connectivity index (χ0v) is 15.4. The van der Waals surface area contributed by atoms with Gasteiger partial charge in [0.05, 0.1) is 12.2 Å². The molecule has 1 aromatic rings. The number of carbonyl (C=O) groups excluding carboxylic acids is 1. The predicted octanol–water partition coefficient (Wildman–Crippen LogP) is 3.28. The van der Waals surface area contributed by atoms with Gasteiger partial charge in [-0.15, -0.1) is 0 Å². The molecule has 0 aromatic heterocycles. The Morgan fingerprint density at radius 3 is 2.21 bits per heavy atom. The van der Waals surface area contributed by atoms with Crippen molar-refractivity contribution in [3.8, 4) is 5.75 Å². The van der Waals surface area contributed by atoms with E-state index >= 15 is 0 Å². The number of ether oxygens (including phenoxy) is 1. The van der Waals surface area contributed by atoms with Gasteiger partial charge in [0.15, 0.2) is 0 Å². The first kappa shape index (κ1) is 17.3. The maximum atomic E-state index is 13.0. The third-order valence-electron chi connectivity index (χ3n) is 5.98. The highest BCUT2D eigenvalue weighted by atomic mass is 16.5. The first-order valence-corrected chi connectivity index (χ1v) is 9.16. The summed E-state index contributed by atoms with van der Waals surface area (Å²) in [5.74, 6) is 2.34. The number of para-hydroxylation sites is 1. The average molecular weight is 330 g/mol. The van der Waals surface area contributed by atoms with Crippen LogP contribution in [0.5, 0.6) is 5.75 Å². The summed E-state index contributed by atoms with van der Waals surface area (Å²) in [4.78, 5) is 17.3. The Labute approximate surface area is 145 Å². The minimum atomic E-state index is 0.0909. The molecule has 2 aliphatic rings.